The van der Waals surface area contributed by atoms with Crippen LogP contribution in [-0.4, -0.2) is 18.1 Å². The molecule has 1 aromatic heterocycles. The van der Waals surface area contributed by atoms with Crippen LogP contribution in [0.25, 0.3) is 0 Å². The standard InChI is InChI=1S/C15H12F3NO3S/c1-9(20)12-6-7-13(23-12)14(21)19-8-10-4-2-3-5-11(10)22-15(16,17)18/h2-7H,8H2,1H3,(H,19,21). The maximum Gasteiger partial charge on any atom is 0.573 e. The number of hydrogen-bond acceptors (Lipinski definition) is 4. The smallest absolute Gasteiger partial charge is 0.405 e. The van der Waals surface area contributed by atoms with Gasteiger partial charge in [-0.3, -0.25) is 9.59 Å². The largest absolute Gasteiger partial charge is 0.573 e. The fraction of sp³-hybridized carbons (Fsp3) is 0.200. The molecule has 0 aliphatic heterocycles. The van der Waals surface area contributed by atoms with Gasteiger partial charge in [0.2, 0.25) is 0 Å². The van der Waals surface area contributed by atoms with Gasteiger partial charge >= 0.3 is 6.36 Å². The zero-order valence-corrected chi connectivity index (χ0v) is 12.8. The molecule has 0 aliphatic carbocycles. The van der Waals surface area contributed by atoms with E-state index in [0.29, 0.717) is 9.75 Å². The van der Waals surface area contributed by atoms with E-state index in [9.17, 15) is 22.8 Å². The van der Waals surface area contributed by atoms with Crippen molar-refractivity contribution < 1.29 is 27.5 Å². The molecule has 2 aromatic rings. The Kier molecular flexibility index (Phi) is 5.05. The van der Waals surface area contributed by atoms with Crippen molar-refractivity contribution in [1.82, 2.24) is 5.32 Å². The maximum atomic E-state index is 12.3. The van der Waals surface area contributed by atoms with Crippen molar-refractivity contribution in [2.75, 3.05) is 0 Å². The predicted octanol–water partition coefficient (Wildman–Crippen LogP) is 3.78. The molecule has 0 bridgehead atoms. The van der Waals surface area contributed by atoms with Crippen molar-refractivity contribution in [1.29, 1.82) is 0 Å². The van der Waals surface area contributed by atoms with Crippen molar-refractivity contribution in [3.63, 3.8) is 0 Å². The number of thiophene rings is 1. The Labute approximate surface area is 133 Å². The first-order valence-electron chi connectivity index (χ1n) is 6.49. The predicted molar refractivity (Wildman–Crippen MR) is 78.6 cm³/mol. The summed E-state index contributed by atoms with van der Waals surface area (Å²) in [5.74, 6) is -0.988. The first kappa shape index (κ1) is 17.0. The van der Waals surface area contributed by atoms with Crippen LogP contribution < -0.4 is 10.1 Å². The molecule has 4 nitrogen and oxygen atoms in total. The minimum Gasteiger partial charge on any atom is -0.405 e. The number of ketones is 1. The number of rotatable bonds is 5. The lowest BCUT2D eigenvalue weighted by molar-refractivity contribution is -0.274. The number of benzene rings is 1. The molecule has 0 unspecified atom stereocenters. The van der Waals surface area contributed by atoms with E-state index >= 15 is 0 Å². The molecule has 0 radical (unpaired) electrons. The monoisotopic (exact) mass is 343 g/mol. The normalized spacial score (nSPS) is 11.1. The quantitative estimate of drug-likeness (QED) is 0.841. The molecular weight excluding hydrogens is 331 g/mol. The third kappa shape index (κ3) is 4.82. The van der Waals surface area contributed by atoms with E-state index in [2.05, 4.69) is 10.1 Å². The molecule has 1 heterocycles. The highest BCUT2D eigenvalue weighted by molar-refractivity contribution is 7.15. The van der Waals surface area contributed by atoms with Gasteiger partial charge in [-0.1, -0.05) is 18.2 Å². The average molecular weight is 343 g/mol. The molecule has 0 aliphatic rings. The van der Waals surface area contributed by atoms with Gasteiger partial charge in [0, 0.05) is 12.1 Å². The van der Waals surface area contributed by atoms with Gasteiger partial charge in [0.15, 0.2) is 5.78 Å². The zero-order chi connectivity index (χ0) is 17.0. The van der Waals surface area contributed by atoms with Crippen LogP contribution in [0.2, 0.25) is 0 Å². The van der Waals surface area contributed by atoms with Crippen LogP contribution in [0, 0.1) is 0 Å². The number of amides is 1. The highest BCUT2D eigenvalue weighted by Crippen LogP contribution is 2.26. The molecule has 1 N–H and O–H groups in total. The van der Waals surface area contributed by atoms with E-state index in [-0.39, 0.29) is 23.6 Å². The SMILES string of the molecule is CC(=O)c1ccc(C(=O)NCc2ccccc2OC(F)(F)F)s1. The maximum absolute atomic E-state index is 12.3. The molecule has 2 rings (SSSR count). The second-order valence-electron chi connectivity index (χ2n) is 4.56. The Morgan fingerprint density at radius 1 is 1.13 bits per heavy atom. The molecule has 0 atom stereocenters. The minimum atomic E-state index is -4.80. The van der Waals surface area contributed by atoms with Crippen LogP contribution in [0.15, 0.2) is 36.4 Å². The van der Waals surface area contributed by atoms with Crippen LogP contribution >= 0.6 is 11.3 Å². The van der Waals surface area contributed by atoms with Gasteiger partial charge in [0.25, 0.3) is 5.91 Å². The first-order valence-corrected chi connectivity index (χ1v) is 7.30. The highest BCUT2D eigenvalue weighted by Gasteiger charge is 2.32. The Balaban J connectivity index is 2.05. The first-order chi connectivity index (χ1) is 10.8. The molecule has 0 saturated carbocycles. The van der Waals surface area contributed by atoms with Crippen LogP contribution in [-0.2, 0) is 6.54 Å². The van der Waals surface area contributed by atoms with E-state index in [1.165, 1.54) is 37.3 Å². The second kappa shape index (κ2) is 6.82. The fourth-order valence-electron chi connectivity index (χ4n) is 1.79. The van der Waals surface area contributed by atoms with Crippen molar-refractivity contribution >= 4 is 23.0 Å². The Hall–Kier alpha value is -2.35. The van der Waals surface area contributed by atoms with E-state index in [4.69, 9.17) is 0 Å². The average Bonchev–Trinajstić information content (AvgIpc) is 2.94. The Bertz CT molecular complexity index is 725. The van der Waals surface area contributed by atoms with Gasteiger partial charge in [0.1, 0.15) is 5.75 Å². The molecule has 1 aromatic carbocycles. The number of alkyl halides is 3. The molecule has 0 spiro atoms. The summed E-state index contributed by atoms with van der Waals surface area (Å²) in [6.07, 6.45) is -4.80. The summed E-state index contributed by atoms with van der Waals surface area (Å²) < 4.78 is 40.9. The van der Waals surface area contributed by atoms with Gasteiger partial charge in [0.05, 0.1) is 9.75 Å². The zero-order valence-electron chi connectivity index (χ0n) is 11.9. The Morgan fingerprint density at radius 3 is 2.39 bits per heavy atom. The summed E-state index contributed by atoms with van der Waals surface area (Å²) in [5, 5.41) is 2.51. The number of halogens is 3. The van der Waals surface area contributed by atoms with E-state index < -0.39 is 12.3 Å². The third-order valence-electron chi connectivity index (χ3n) is 2.81. The fourth-order valence-corrected chi connectivity index (χ4v) is 2.60. The molecule has 122 valence electrons. The number of carbonyl (C=O) groups excluding carboxylic acids is 2. The summed E-state index contributed by atoms with van der Waals surface area (Å²) >= 11 is 1.03. The number of carbonyl (C=O) groups is 2. The number of Topliss-reactive ketones (excluding diaryl/α,β-unsaturated/α-hetero) is 1. The summed E-state index contributed by atoms with van der Waals surface area (Å²) in [6, 6.07) is 8.58. The molecular formula is C15H12F3NO3S. The number of nitrogens with one attached hydrogen (secondary N) is 1. The lowest BCUT2D eigenvalue weighted by Crippen LogP contribution is -2.23. The van der Waals surface area contributed by atoms with Crippen LogP contribution in [0.1, 0.15) is 31.8 Å². The van der Waals surface area contributed by atoms with Gasteiger partial charge in [-0.2, -0.15) is 0 Å². The lowest BCUT2D eigenvalue weighted by atomic mass is 10.2. The van der Waals surface area contributed by atoms with Crippen LogP contribution in [0.4, 0.5) is 13.2 Å². The lowest BCUT2D eigenvalue weighted by Gasteiger charge is -2.13. The van der Waals surface area contributed by atoms with Gasteiger partial charge in [-0.15, -0.1) is 24.5 Å². The van der Waals surface area contributed by atoms with E-state index in [1.54, 1.807) is 6.07 Å². The number of ether oxygens (including phenoxy) is 1. The Morgan fingerprint density at radius 2 is 1.78 bits per heavy atom. The van der Waals surface area contributed by atoms with Crippen molar-refractivity contribution in [3.05, 3.63) is 51.7 Å². The highest BCUT2D eigenvalue weighted by atomic mass is 32.1. The molecule has 8 heteroatoms. The van der Waals surface area contributed by atoms with Crippen molar-refractivity contribution in [2.45, 2.75) is 19.8 Å². The molecule has 1 amide bonds. The van der Waals surface area contributed by atoms with Crippen LogP contribution in [0.3, 0.4) is 0 Å². The summed E-state index contributed by atoms with van der Waals surface area (Å²) in [5.41, 5.74) is 0.196. The van der Waals surface area contributed by atoms with E-state index in [1.807, 2.05) is 0 Å². The van der Waals surface area contributed by atoms with Crippen molar-refractivity contribution in [3.8, 4) is 5.75 Å². The summed E-state index contributed by atoms with van der Waals surface area (Å²) in [7, 11) is 0. The van der Waals surface area contributed by atoms with Gasteiger partial charge < -0.3 is 10.1 Å². The second-order valence-corrected chi connectivity index (χ2v) is 5.64. The summed E-state index contributed by atoms with van der Waals surface area (Å²) in [4.78, 5) is 23.9. The number of para-hydroxylation sites is 1. The van der Waals surface area contributed by atoms with Crippen LogP contribution in [0.5, 0.6) is 5.75 Å². The van der Waals surface area contributed by atoms with Crippen molar-refractivity contribution in [2.24, 2.45) is 0 Å². The number of hydrogen-bond donors (Lipinski definition) is 1. The van der Waals surface area contributed by atoms with Gasteiger partial charge in [-0.25, -0.2) is 0 Å². The summed E-state index contributed by atoms with van der Waals surface area (Å²) in [6.45, 7) is 1.26. The molecule has 23 heavy (non-hydrogen) atoms. The molecule has 0 saturated heterocycles. The third-order valence-corrected chi connectivity index (χ3v) is 4.00. The topological polar surface area (TPSA) is 55.4 Å². The molecule has 0 fully saturated rings. The van der Waals surface area contributed by atoms with Gasteiger partial charge in [-0.05, 0) is 25.1 Å². The minimum absolute atomic E-state index is 0.127. The van der Waals surface area contributed by atoms with E-state index in [0.717, 1.165) is 11.3 Å².